The van der Waals surface area contributed by atoms with Crippen LogP contribution in [0.25, 0.3) is 11.1 Å². The summed E-state index contributed by atoms with van der Waals surface area (Å²) in [5, 5.41) is 7.64. The molecule has 126 valence electrons. The lowest BCUT2D eigenvalue weighted by atomic mass is 9.98. The SMILES string of the molecule is NS(=O)(=O)CCCC(=O)Nc1ccc2c(c1)OCc1cnccc1-2. The third-order valence-electron chi connectivity index (χ3n) is 3.68. The van der Waals surface area contributed by atoms with Gasteiger partial charge in [-0.2, -0.15) is 0 Å². The lowest BCUT2D eigenvalue weighted by Crippen LogP contribution is -2.19. The van der Waals surface area contributed by atoms with Crippen molar-refractivity contribution < 1.29 is 17.9 Å². The zero-order valence-electron chi connectivity index (χ0n) is 12.9. The molecule has 0 unspecified atom stereocenters. The smallest absolute Gasteiger partial charge is 0.224 e. The molecule has 2 aromatic rings. The van der Waals surface area contributed by atoms with Crippen molar-refractivity contribution in [1.29, 1.82) is 0 Å². The number of pyridine rings is 1. The minimum absolute atomic E-state index is 0.0862. The summed E-state index contributed by atoms with van der Waals surface area (Å²) < 4.78 is 27.4. The summed E-state index contributed by atoms with van der Waals surface area (Å²) >= 11 is 0. The Bertz CT molecular complexity index is 881. The minimum Gasteiger partial charge on any atom is -0.488 e. The average Bonchev–Trinajstić information content (AvgIpc) is 2.53. The van der Waals surface area contributed by atoms with Gasteiger partial charge < -0.3 is 10.1 Å². The second-order valence-corrected chi connectivity index (χ2v) is 7.29. The summed E-state index contributed by atoms with van der Waals surface area (Å²) in [6.45, 7) is 0.432. The number of aromatic nitrogens is 1. The van der Waals surface area contributed by atoms with Crippen LogP contribution in [0.5, 0.6) is 5.75 Å². The molecule has 1 aliphatic heterocycles. The Morgan fingerprint density at radius 2 is 2.12 bits per heavy atom. The molecule has 0 radical (unpaired) electrons. The minimum atomic E-state index is -3.54. The number of ether oxygens (including phenoxy) is 1. The largest absolute Gasteiger partial charge is 0.488 e. The number of benzene rings is 1. The zero-order valence-corrected chi connectivity index (χ0v) is 13.7. The number of carbonyl (C=O) groups excluding carboxylic acids is 1. The summed E-state index contributed by atoms with van der Waals surface area (Å²) in [4.78, 5) is 16.0. The molecule has 0 fully saturated rings. The predicted molar refractivity (Wildman–Crippen MR) is 89.8 cm³/mol. The van der Waals surface area contributed by atoms with Gasteiger partial charge in [-0.3, -0.25) is 9.78 Å². The molecule has 2 heterocycles. The Labute approximate surface area is 139 Å². The molecule has 0 bridgehead atoms. The molecular formula is C16H17N3O4S. The molecule has 24 heavy (non-hydrogen) atoms. The van der Waals surface area contributed by atoms with Crippen LogP contribution in [-0.4, -0.2) is 25.1 Å². The highest BCUT2D eigenvalue weighted by Gasteiger charge is 2.17. The summed E-state index contributed by atoms with van der Waals surface area (Å²) in [6, 6.07) is 7.36. The van der Waals surface area contributed by atoms with Crippen LogP contribution in [-0.2, 0) is 21.4 Å². The number of rotatable bonds is 5. The highest BCUT2D eigenvalue weighted by Crippen LogP contribution is 2.38. The van der Waals surface area contributed by atoms with Crippen LogP contribution >= 0.6 is 0 Å². The van der Waals surface area contributed by atoms with Gasteiger partial charge in [-0.05, 0) is 30.2 Å². The van der Waals surface area contributed by atoms with Crippen molar-refractivity contribution in [2.75, 3.05) is 11.1 Å². The zero-order chi connectivity index (χ0) is 17.2. The fourth-order valence-corrected chi connectivity index (χ4v) is 3.11. The van der Waals surface area contributed by atoms with Crippen LogP contribution in [0.15, 0.2) is 36.7 Å². The van der Waals surface area contributed by atoms with Gasteiger partial charge in [0.05, 0.1) is 5.75 Å². The molecule has 8 heteroatoms. The number of hydrogen-bond acceptors (Lipinski definition) is 5. The molecule has 1 aromatic carbocycles. The van der Waals surface area contributed by atoms with E-state index < -0.39 is 10.0 Å². The van der Waals surface area contributed by atoms with Gasteiger partial charge in [0.1, 0.15) is 12.4 Å². The fraction of sp³-hybridized carbons (Fsp3) is 0.250. The van der Waals surface area contributed by atoms with Crippen molar-refractivity contribution in [3.05, 3.63) is 42.2 Å². The first-order valence-electron chi connectivity index (χ1n) is 7.43. The summed E-state index contributed by atoms with van der Waals surface area (Å²) in [5.74, 6) is 0.216. The van der Waals surface area contributed by atoms with E-state index in [1.165, 1.54) is 0 Å². The molecule has 7 nitrogen and oxygen atoms in total. The number of nitrogens with two attached hydrogens (primary N) is 1. The molecule has 1 amide bonds. The maximum absolute atomic E-state index is 11.9. The van der Waals surface area contributed by atoms with E-state index in [-0.39, 0.29) is 24.5 Å². The molecule has 0 saturated carbocycles. The predicted octanol–water partition coefficient (Wildman–Crippen LogP) is 1.65. The number of sulfonamides is 1. The van der Waals surface area contributed by atoms with Crippen molar-refractivity contribution >= 4 is 21.6 Å². The maximum Gasteiger partial charge on any atom is 0.224 e. The molecule has 1 aromatic heterocycles. The number of nitrogens with one attached hydrogen (secondary N) is 1. The third kappa shape index (κ3) is 3.90. The van der Waals surface area contributed by atoms with Gasteiger partial charge in [0.25, 0.3) is 0 Å². The first kappa shape index (κ1) is 16.4. The van der Waals surface area contributed by atoms with Crippen LogP contribution in [0, 0.1) is 0 Å². The van der Waals surface area contributed by atoms with E-state index in [4.69, 9.17) is 9.88 Å². The highest BCUT2D eigenvalue weighted by atomic mass is 32.2. The Kier molecular flexibility index (Phi) is 4.50. The second-order valence-electron chi connectivity index (χ2n) is 5.55. The fourth-order valence-electron chi connectivity index (χ4n) is 2.56. The summed E-state index contributed by atoms with van der Waals surface area (Å²) in [5.41, 5.74) is 3.64. The van der Waals surface area contributed by atoms with E-state index >= 15 is 0 Å². The Hall–Kier alpha value is -2.45. The van der Waals surface area contributed by atoms with Crippen LogP contribution in [0.3, 0.4) is 0 Å². The Morgan fingerprint density at radius 3 is 2.92 bits per heavy atom. The molecular weight excluding hydrogens is 330 g/mol. The molecule has 3 rings (SSSR count). The molecule has 0 saturated heterocycles. The maximum atomic E-state index is 11.9. The first-order valence-corrected chi connectivity index (χ1v) is 9.14. The van der Waals surface area contributed by atoms with Gasteiger partial charge in [-0.15, -0.1) is 0 Å². The van der Waals surface area contributed by atoms with Crippen molar-refractivity contribution in [3.63, 3.8) is 0 Å². The summed E-state index contributed by atoms with van der Waals surface area (Å²) in [7, 11) is -3.54. The van der Waals surface area contributed by atoms with E-state index in [9.17, 15) is 13.2 Å². The Balaban J connectivity index is 1.68. The van der Waals surface area contributed by atoms with Gasteiger partial charge in [-0.25, -0.2) is 13.6 Å². The lowest BCUT2D eigenvalue weighted by Gasteiger charge is -2.21. The molecule has 0 atom stereocenters. The molecule has 0 aliphatic carbocycles. The number of nitrogens with zero attached hydrogens (tertiary/aromatic N) is 1. The third-order valence-corrected chi connectivity index (χ3v) is 4.53. The summed E-state index contributed by atoms with van der Waals surface area (Å²) in [6.07, 6.45) is 3.78. The first-order chi connectivity index (χ1) is 11.4. The second kappa shape index (κ2) is 6.58. The number of carbonyl (C=O) groups is 1. The van der Waals surface area contributed by atoms with Crippen molar-refractivity contribution in [2.45, 2.75) is 19.4 Å². The van der Waals surface area contributed by atoms with Gasteiger partial charge in [0, 0.05) is 41.7 Å². The van der Waals surface area contributed by atoms with Crippen LogP contribution in [0.1, 0.15) is 18.4 Å². The van der Waals surface area contributed by atoms with Crippen molar-refractivity contribution in [1.82, 2.24) is 4.98 Å². The van der Waals surface area contributed by atoms with Gasteiger partial charge in [0.15, 0.2) is 0 Å². The van der Waals surface area contributed by atoms with E-state index in [0.717, 1.165) is 16.7 Å². The average molecular weight is 347 g/mol. The van der Waals surface area contributed by atoms with Crippen molar-refractivity contribution in [2.24, 2.45) is 5.14 Å². The number of amides is 1. The normalized spacial score (nSPS) is 12.7. The lowest BCUT2D eigenvalue weighted by molar-refractivity contribution is -0.116. The Morgan fingerprint density at radius 1 is 1.29 bits per heavy atom. The van der Waals surface area contributed by atoms with Gasteiger partial charge in [0.2, 0.25) is 15.9 Å². The quantitative estimate of drug-likeness (QED) is 0.854. The van der Waals surface area contributed by atoms with E-state index in [0.29, 0.717) is 18.0 Å². The monoisotopic (exact) mass is 347 g/mol. The van der Waals surface area contributed by atoms with E-state index in [1.807, 2.05) is 12.1 Å². The number of primary sulfonamides is 1. The highest BCUT2D eigenvalue weighted by molar-refractivity contribution is 7.89. The van der Waals surface area contributed by atoms with E-state index in [1.54, 1.807) is 24.5 Å². The topological polar surface area (TPSA) is 111 Å². The number of anilines is 1. The van der Waals surface area contributed by atoms with Crippen LogP contribution in [0.4, 0.5) is 5.69 Å². The molecule has 0 spiro atoms. The van der Waals surface area contributed by atoms with Crippen molar-refractivity contribution in [3.8, 4) is 16.9 Å². The van der Waals surface area contributed by atoms with Gasteiger partial charge in [-0.1, -0.05) is 0 Å². The van der Waals surface area contributed by atoms with E-state index in [2.05, 4.69) is 10.3 Å². The number of fused-ring (bicyclic) bond motifs is 3. The number of hydrogen-bond donors (Lipinski definition) is 2. The van der Waals surface area contributed by atoms with Gasteiger partial charge >= 0.3 is 0 Å². The van der Waals surface area contributed by atoms with Crippen LogP contribution < -0.4 is 15.2 Å². The van der Waals surface area contributed by atoms with Crippen LogP contribution in [0.2, 0.25) is 0 Å². The molecule has 3 N–H and O–H groups in total. The standard InChI is InChI=1S/C16H17N3O4S/c17-24(21,22)7-1-2-16(20)19-12-3-4-14-13-5-6-18-9-11(13)10-23-15(14)8-12/h3-6,8-9H,1-2,7,10H2,(H,19,20)(H2,17,21,22). The molecule has 1 aliphatic rings.